The van der Waals surface area contributed by atoms with E-state index in [4.69, 9.17) is 34.2 Å². The number of benzene rings is 1. The fourth-order valence-electron chi connectivity index (χ4n) is 2.04. The molecule has 1 aromatic carbocycles. The van der Waals surface area contributed by atoms with Crippen LogP contribution < -0.4 is 10.6 Å². The van der Waals surface area contributed by atoms with Crippen LogP contribution in [-0.2, 0) is 4.79 Å². The molecule has 1 aliphatic heterocycles. The Bertz CT molecular complexity index is 516. The van der Waals surface area contributed by atoms with E-state index in [-0.39, 0.29) is 11.8 Å². The minimum absolute atomic E-state index is 0.0426. The van der Waals surface area contributed by atoms with Crippen molar-refractivity contribution in [3.8, 4) is 6.07 Å². The predicted molar refractivity (Wildman–Crippen MR) is 70.7 cm³/mol. The third-order valence-corrected chi connectivity index (χ3v) is 3.53. The van der Waals surface area contributed by atoms with Gasteiger partial charge in [-0.15, -0.1) is 0 Å². The minimum atomic E-state index is -0.0426. The Balaban J connectivity index is 2.41. The summed E-state index contributed by atoms with van der Waals surface area (Å²) < 4.78 is 0. The second-order valence-corrected chi connectivity index (χ2v) is 5.02. The fraction of sp³-hybridized carbons (Fsp3) is 0.333. The highest BCUT2D eigenvalue weighted by atomic mass is 35.5. The lowest BCUT2D eigenvalue weighted by Crippen LogP contribution is -2.26. The van der Waals surface area contributed by atoms with Crippen molar-refractivity contribution in [2.75, 3.05) is 18.0 Å². The molecule has 0 radical (unpaired) electrons. The number of amides is 1. The molecule has 4 nitrogen and oxygen atoms in total. The van der Waals surface area contributed by atoms with Crippen molar-refractivity contribution < 1.29 is 4.79 Å². The highest BCUT2D eigenvalue weighted by Gasteiger charge is 2.32. The molecule has 1 aliphatic rings. The molecule has 1 unspecified atom stereocenters. The minimum Gasteiger partial charge on any atom is -0.330 e. The normalized spacial score (nSPS) is 19.1. The Kier molecular flexibility index (Phi) is 3.76. The van der Waals surface area contributed by atoms with Gasteiger partial charge in [-0.2, -0.15) is 5.26 Å². The zero-order chi connectivity index (χ0) is 13.3. The molecule has 1 aromatic rings. The van der Waals surface area contributed by atoms with E-state index in [1.54, 1.807) is 4.90 Å². The van der Waals surface area contributed by atoms with Gasteiger partial charge in [0.05, 0.1) is 27.4 Å². The van der Waals surface area contributed by atoms with Gasteiger partial charge in [-0.05, 0) is 24.6 Å². The van der Waals surface area contributed by atoms with Crippen LogP contribution in [0.25, 0.3) is 0 Å². The Hall–Kier alpha value is -1.28. The molecule has 6 heteroatoms. The van der Waals surface area contributed by atoms with Crippen LogP contribution in [0.1, 0.15) is 12.0 Å². The summed E-state index contributed by atoms with van der Waals surface area (Å²) in [5.74, 6) is 0.0826. The lowest BCUT2D eigenvalue weighted by molar-refractivity contribution is -0.117. The lowest BCUT2D eigenvalue weighted by Gasteiger charge is -2.19. The number of carbonyl (C=O) groups is 1. The second kappa shape index (κ2) is 5.15. The van der Waals surface area contributed by atoms with Crippen LogP contribution in [0, 0.1) is 17.2 Å². The number of anilines is 1. The van der Waals surface area contributed by atoms with Gasteiger partial charge in [0.1, 0.15) is 0 Å². The van der Waals surface area contributed by atoms with Crippen molar-refractivity contribution in [3.05, 3.63) is 27.7 Å². The van der Waals surface area contributed by atoms with Crippen LogP contribution in [0.5, 0.6) is 0 Å². The topological polar surface area (TPSA) is 70.1 Å². The molecule has 0 spiro atoms. The zero-order valence-corrected chi connectivity index (χ0v) is 11.0. The summed E-state index contributed by atoms with van der Waals surface area (Å²) in [7, 11) is 0. The number of nitriles is 1. The summed E-state index contributed by atoms with van der Waals surface area (Å²) in [6.07, 6.45) is 0.406. The van der Waals surface area contributed by atoms with Crippen LogP contribution in [0.4, 0.5) is 5.69 Å². The van der Waals surface area contributed by atoms with Crippen LogP contribution in [0.3, 0.4) is 0 Å². The maximum absolute atomic E-state index is 11.9. The van der Waals surface area contributed by atoms with Gasteiger partial charge in [0, 0.05) is 13.0 Å². The van der Waals surface area contributed by atoms with E-state index >= 15 is 0 Å². The van der Waals surface area contributed by atoms with Gasteiger partial charge < -0.3 is 10.6 Å². The van der Waals surface area contributed by atoms with Crippen LogP contribution in [-0.4, -0.2) is 19.0 Å². The van der Waals surface area contributed by atoms with Crippen molar-refractivity contribution in [2.45, 2.75) is 6.42 Å². The fourth-order valence-corrected chi connectivity index (χ4v) is 2.73. The molecular weight excluding hydrogens is 273 g/mol. The van der Waals surface area contributed by atoms with E-state index in [1.165, 1.54) is 12.1 Å². The average Bonchev–Trinajstić information content (AvgIpc) is 2.70. The number of halogens is 2. The van der Waals surface area contributed by atoms with E-state index in [0.717, 1.165) is 0 Å². The van der Waals surface area contributed by atoms with E-state index in [0.29, 0.717) is 40.8 Å². The molecule has 0 aliphatic carbocycles. The molecule has 18 heavy (non-hydrogen) atoms. The third kappa shape index (κ3) is 2.30. The predicted octanol–water partition coefficient (Wildman–Crippen LogP) is 2.18. The first-order valence-electron chi connectivity index (χ1n) is 5.46. The molecule has 0 saturated carbocycles. The first-order chi connectivity index (χ1) is 8.56. The second-order valence-electron chi connectivity index (χ2n) is 4.21. The first kappa shape index (κ1) is 13.2. The zero-order valence-electron chi connectivity index (χ0n) is 9.49. The summed E-state index contributed by atoms with van der Waals surface area (Å²) in [4.78, 5) is 13.4. The molecule has 0 aromatic heterocycles. The quantitative estimate of drug-likeness (QED) is 0.904. The largest absolute Gasteiger partial charge is 0.330 e. The van der Waals surface area contributed by atoms with Gasteiger partial charge in [-0.1, -0.05) is 23.2 Å². The Morgan fingerprint density at radius 3 is 2.50 bits per heavy atom. The van der Waals surface area contributed by atoms with Crippen LogP contribution in [0.2, 0.25) is 10.0 Å². The maximum Gasteiger partial charge on any atom is 0.227 e. The summed E-state index contributed by atoms with van der Waals surface area (Å²) >= 11 is 12.2. The summed E-state index contributed by atoms with van der Waals surface area (Å²) in [5, 5.41) is 9.43. The van der Waals surface area contributed by atoms with Crippen LogP contribution in [0.15, 0.2) is 12.1 Å². The summed E-state index contributed by atoms with van der Waals surface area (Å²) in [6, 6.07) is 4.98. The monoisotopic (exact) mass is 283 g/mol. The van der Waals surface area contributed by atoms with Crippen LogP contribution >= 0.6 is 23.2 Å². The van der Waals surface area contributed by atoms with E-state index in [9.17, 15) is 4.79 Å². The Labute approximate surface area is 115 Å². The van der Waals surface area contributed by atoms with E-state index in [1.807, 2.05) is 6.07 Å². The molecule has 1 saturated heterocycles. The molecule has 1 amide bonds. The Morgan fingerprint density at radius 1 is 1.44 bits per heavy atom. The number of hydrogen-bond acceptors (Lipinski definition) is 3. The van der Waals surface area contributed by atoms with Crippen molar-refractivity contribution >= 4 is 34.8 Å². The number of rotatable bonds is 2. The summed E-state index contributed by atoms with van der Waals surface area (Å²) in [6.45, 7) is 0.967. The smallest absolute Gasteiger partial charge is 0.227 e. The highest BCUT2D eigenvalue weighted by Crippen LogP contribution is 2.37. The molecule has 0 bridgehead atoms. The van der Waals surface area contributed by atoms with Gasteiger partial charge in [0.15, 0.2) is 0 Å². The van der Waals surface area contributed by atoms with Crippen molar-refractivity contribution in [3.63, 3.8) is 0 Å². The van der Waals surface area contributed by atoms with Gasteiger partial charge >= 0.3 is 0 Å². The number of nitrogens with zero attached hydrogens (tertiary/aromatic N) is 2. The molecule has 94 valence electrons. The summed E-state index contributed by atoms with van der Waals surface area (Å²) in [5.41, 5.74) is 6.41. The number of hydrogen-bond donors (Lipinski definition) is 1. The Morgan fingerprint density at radius 2 is 2.06 bits per heavy atom. The molecule has 2 rings (SSSR count). The van der Waals surface area contributed by atoms with Crippen molar-refractivity contribution in [1.29, 1.82) is 5.26 Å². The third-order valence-electron chi connectivity index (χ3n) is 2.95. The number of nitrogens with two attached hydrogens (primary N) is 1. The lowest BCUT2D eigenvalue weighted by atomic mass is 10.1. The van der Waals surface area contributed by atoms with Gasteiger partial charge in [0.25, 0.3) is 0 Å². The van der Waals surface area contributed by atoms with E-state index < -0.39 is 0 Å². The van der Waals surface area contributed by atoms with E-state index in [2.05, 4.69) is 0 Å². The molecule has 1 fully saturated rings. The van der Waals surface area contributed by atoms with Gasteiger partial charge in [0.2, 0.25) is 5.91 Å². The molecule has 1 heterocycles. The maximum atomic E-state index is 11.9. The molecule has 2 N–H and O–H groups in total. The standard InChI is InChI=1S/C12H11Cl2N3O/c13-9-1-7(4-15)2-10(14)12(9)17-6-8(5-16)3-11(17)18/h1-2,8H,3,5-6,16H2. The van der Waals surface area contributed by atoms with Gasteiger partial charge in [-0.3, -0.25) is 4.79 Å². The first-order valence-corrected chi connectivity index (χ1v) is 6.22. The SMILES string of the molecule is N#Cc1cc(Cl)c(N2CC(CN)CC2=O)c(Cl)c1. The molecular formula is C12H11Cl2N3O. The van der Waals surface area contributed by atoms with Crippen molar-refractivity contribution in [1.82, 2.24) is 0 Å². The number of carbonyl (C=O) groups excluding carboxylic acids is 1. The highest BCUT2D eigenvalue weighted by molar-refractivity contribution is 6.40. The van der Waals surface area contributed by atoms with Gasteiger partial charge in [-0.25, -0.2) is 0 Å². The van der Waals surface area contributed by atoms with Crippen molar-refractivity contribution in [2.24, 2.45) is 11.7 Å². The molecule has 1 atom stereocenters. The average molecular weight is 284 g/mol.